The van der Waals surface area contributed by atoms with E-state index in [1.165, 1.54) is 12.1 Å². The Balaban J connectivity index is 2.23. The summed E-state index contributed by atoms with van der Waals surface area (Å²) in [5, 5.41) is 11.8. The molecule has 19 heavy (non-hydrogen) atoms. The van der Waals surface area contributed by atoms with E-state index in [-0.39, 0.29) is 17.3 Å². The van der Waals surface area contributed by atoms with Crippen LogP contribution in [0.15, 0.2) is 42.6 Å². The topological polar surface area (TPSA) is 62.2 Å². The quantitative estimate of drug-likeness (QED) is 0.886. The lowest BCUT2D eigenvalue weighted by Crippen LogP contribution is -2.10. The van der Waals surface area contributed by atoms with E-state index in [0.717, 1.165) is 11.8 Å². The van der Waals surface area contributed by atoms with Crippen LogP contribution in [0.3, 0.4) is 0 Å². The van der Waals surface area contributed by atoms with Gasteiger partial charge in [-0.1, -0.05) is 6.07 Å². The lowest BCUT2D eigenvalue weighted by molar-refractivity contribution is 0.0697. The number of benzene rings is 1. The van der Waals surface area contributed by atoms with Crippen LogP contribution in [0.5, 0.6) is 0 Å². The molecule has 0 aliphatic heterocycles. The molecule has 0 saturated carbocycles. The highest BCUT2D eigenvalue weighted by Crippen LogP contribution is 2.21. The van der Waals surface area contributed by atoms with Gasteiger partial charge in [-0.15, -0.1) is 0 Å². The Hall–Kier alpha value is -2.43. The average molecular weight is 260 g/mol. The summed E-state index contributed by atoms with van der Waals surface area (Å²) in [5.74, 6) is -1.58. The number of carboxylic acid groups (broad SMARTS) is 1. The first-order valence-corrected chi connectivity index (χ1v) is 5.78. The molecule has 2 N–H and O–H groups in total. The van der Waals surface area contributed by atoms with Crippen LogP contribution in [0.2, 0.25) is 0 Å². The van der Waals surface area contributed by atoms with Crippen LogP contribution in [0.25, 0.3) is 0 Å². The zero-order valence-electron chi connectivity index (χ0n) is 10.3. The summed E-state index contributed by atoms with van der Waals surface area (Å²) >= 11 is 0. The highest BCUT2D eigenvalue weighted by atomic mass is 19.1. The molecule has 0 aliphatic rings. The predicted molar refractivity (Wildman–Crippen MR) is 69.6 cm³/mol. The number of halogens is 1. The van der Waals surface area contributed by atoms with Crippen LogP contribution in [-0.4, -0.2) is 16.1 Å². The van der Waals surface area contributed by atoms with Gasteiger partial charge in [-0.05, 0) is 37.3 Å². The van der Waals surface area contributed by atoms with Crippen LogP contribution in [0.4, 0.5) is 10.1 Å². The maximum atomic E-state index is 13.6. The molecule has 0 saturated heterocycles. The summed E-state index contributed by atoms with van der Waals surface area (Å²) in [7, 11) is 0. The van der Waals surface area contributed by atoms with Gasteiger partial charge in [0.05, 0.1) is 23.0 Å². The van der Waals surface area contributed by atoms with E-state index < -0.39 is 11.8 Å². The SMILES string of the molecule is CC(Nc1cc(C(=O)O)ccc1F)c1ccccn1. The predicted octanol–water partition coefficient (Wildman–Crippen LogP) is 3.09. The van der Waals surface area contributed by atoms with Crippen LogP contribution < -0.4 is 5.32 Å². The largest absolute Gasteiger partial charge is 0.478 e. The summed E-state index contributed by atoms with van der Waals surface area (Å²) in [6, 6.07) is 8.87. The number of hydrogen-bond acceptors (Lipinski definition) is 3. The zero-order chi connectivity index (χ0) is 13.8. The third kappa shape index (κ3) is 3.07. The number of hydrogen-bond donors (Lipinski definition) is 2. The second-order valence-electron chi connectivity index (χ2n) is 4.12. The normalized spacial score (nSPS) is 11.9. The van der Waals surface area contributed by atoms with Crippen molar-refractivity contribution in [3.63, 3.8) is 0 Å². The van der Waals surface area contributed by atoms with Gasteiger partial charge in [0.1, 0.15) is 5.82 Å². The Morgan fingerprint density at radius 2 is 2.16 bits per heavy atom. The number of pyridine rings is 1. The summed E-state index contributed by atoms with van der Waals surface area (Å²) < 4.78 is 13.6. The molecule has 0 radical (unpaired) electrons. The average Bonchev–Trinajstić information content (AvgIpc) is 2.42. The highest BCUT2D eigenvalue weighted by molar-refractivity contribution is 5.88. The number of nitrogens with one attached hydrogen (secondary N) is 1. The third-order valence-electron chi connectivity index (χ3n) is 2.72. The number of nitrogens with zero attached hydrogens (tertiary/aromatic N) is 1. The van der Waals surface area contributed by atoms with Gasteiger partial charge in [-0.2, -0.15) is 0 Å². The fourth-order valence-corrected chi connectivity index (χ4v) is 1.71. The van der Waals surface area contributed by atoms with Crippen LogP contribution in [-0.2, 0) is 0 Å². The zero-order valence-corrected chi connectivity index (χ0v) is 10.3. The smallest absolute Gasteiger partial charge is 0.335 e. The summed E-state index contributed by atoms with van der Waals surface area (Å²) in [6.07, 6.45) is 1.65. The summed E-state index contributed by atoms with van der Waals surface area (Å²) in [5.41, 5.74) is 0.942. The van der Waals surface area contributed by atoms with Gasteiger partial charge in [0.2, 0.25) is 0 Å². The molecule has 0 fully saturated rings. The third-order valence-corrected chi connectivity index (χ3v) is 2.72. The van der Waals surface area contributed by atoms with Crippen molar-refractivity contribution in [3.05, 3.63) is 59.7 Å². The molecule has 2 rings (SSSR count). The van der Waals surface area contributed by atoms with E-state index in [2.05, 4.69) is 10.3 Å². The van der Waals surface area contributed by atoms with Crippen LogP contribution >= 0.6 is 0 Å². The first-order valence-electron chi connectivity index (χ1n) is 5.78. The molecule has 2 aromatic rings. The molecule has 1 atom stereocenters. The second-order valence-corrected chi connectivity index (χ2v) is 4.12. The van der Waals surface area contributed by atoms with Crippen molar-refractivity contribution in [3.8, 4) is 0 Å². The molecule has 1 heterocycles. The molecule has 0 bridgehead atoms. The van der Waals surface area contributed by atoms with Gasteiger partial charge >= 0.3 is 5.97 Å². The van der Waals surface area contributed by atoms with E-state index in [1.807, 2.05) is 19.1 Å². The Labute approximate surface area is 109 Å². The molecule has 98 valence electrons. The van der Waals surface area contributed by atoms with Crippen molar-refractivity contribution in [1.29, 1.82) is 0 Å². The maximum absolute atomic E-state index is 13.6. The van der Waals surface area contributed by atoms with Gasteiger partial charge in [0.25, 0.3) is 0 Å². The lowest BCUT2D eigenvalue weighted by atomic mass is 10.1. The van der Waals surface area contributed by atoms with Crippen LogP contribution in [0.1, 0.15) is 29.0 Å². The minimum absolute atomic E-state index is 0.0390. The maximum Gasteiger partial charge on any atom is 0.335 e. The minimum atomic E-state index is -1.09. The Morgan fingerprint density at radius 3 is 2.79 bits per heavy atom. The van der Waals surface area contributed by atoms with E-state index in [9.17, 15) is 9.18 Å². The number of aromatic nitrogens is 1. The molecule has 0 amide bonds. The number of rotatable bonds is 4. The van der Waals surface area contributed by atoms with Gasteiger partial charge in [-0.25, -0.2) is 9.18 Å². The van der Waals surface area contributed by atoms with Gasteiger partial charge in [0.15, 0.2) is 0 Å². The van der Waals surface area contributed by atoms with Gasteiger partial charge in [-0.3, -0.25) is 4.98 Å². The Morgan fingerprint density at radius 1 is 1.37 bits per heavy atom. The monoisotopic (exact) mass is 260 g/mol. The number of anilines is 1. The molecular weight excluding hydrogens is 247 g/mol. The van der Waals surface area contributed by atoms with Gasteiger partial charge < -0.3 is 10.4 Å². The fourth-order valence-electron chi connectivity index (χ4n) is 1.71. The minimum Gasteiger partial charge on any atom is -0.478 e. The number of aromatic carboxylic acids is 1. The molecule has 0 spiro atoms. The molecule has 5 heteroatoms. The second kappa shape index (κ2) is 5.48. The standard InChI is InChI=1S/C14H13FN2O2/c1-9(12-4-2-3-7-16-12)17-13-8-10(14(18)19)5-6-11(13)15/h2-9,17H,1H3,(H,18,19). The van der Waals surface area contributed by atoms with Crippen molar-refractivity contribution < 1.29 is 14.3 Å². The van der Waals surface area contributed by atoms with Crippen molar-refractivity contribution in [1.82, 2.24) is 4.98 Å². The molecule has 0 aliphatic carbocycles. The number of carboxylic acids is 1. The first-order chi connectivity index (χ1) is 9.08. The highest BCUT2D eigenvalue weighted by Gasteiger charge is 2.12. The molecule has 1 aromatic heterocycles. The lowest BCUT2D eigenvalue weighted by Gasteiger charge is -2.15. The first kappa shape index (κ1) is 13.0. The van der Waals surface area contributed by atoms with Crippen molar-refractivity contribution in [2.75, 3.05) is 5.32 Å². The number of carbonyl (C=O) groups is 1. The van der Waals surface area contributed by atoms with Crippen molar-refractivity contribution >= 4 is 11.7 Å². The van der Waals surface area contributed by atoms with E-state index in [1.54, 1.807) is 12.3 Å². The van der Waals surface area contributed by atoms with Crippen molar-refractivity contribution in [2.24, 2.45) is 0 Å². The van der Waals surface area contributed by atoms with Crippen LogP contribution in [0, 0.1) is 5.82 Å². The van der Waals surface area contributed by atoms with Gasteiger partial charge in [0, 0.05) is 6.20 Å². The fraction of sp³-hybridized carbons (Fsp3) is 0.143. The van der Waals surface area contributed by atoms with E-state index in [0.29, 0.717) is 0 Å². The van der Waals surface area contributed by atoms with E-state index in [4.69, 9.17) is 5.11 Å². The molecule has 1 aromatic carbocycles. The summed E-state index contributed by atoms with van der Waals surface area (Å²) in [4.78, 5) is 15.0. The molecular formula is C14H13FN2O2. The Bertz CT molecular complexity index is 587. The molecule has 4 nitrogen and oxygen atoms in total. The molecule has 1 unspecified atom stereocenters. The Kier molecular flexibility index (Phi) is 3.75. The van der Waals surface area contributed by atoms with Crippen molar-refractivity contribution in [2.45, 2.75) is 13.0 Å². The van der Waals surface area contributed by atoms with E-state index >= 15 is 0 Å². The summed E-state index contributed by atoms with van der Waals surface area (Å²) in [6.45, 7) is 1.83.